The minimum absolute atomic E-state index is 0.308. The van der Waals surface area contributed by atoms with Crippen LogP contribution in [0.2, 0.25) is 0 Å². The van der Waals surface area contributed by atoms with Crippen molar-refractivity contribution in [3.63, 3.8) is 0 Å². The standard InChI is InChI=1S/C15H21N5O/c1-11(2)18-14-10-17-20-15(19-14)16-9-8-12-6-4-5-7-13(12)21-3/h4-7,10-11H,8-9H2,1-3H3,(H2,16,18,19,20). The predicted molar refractivity (Wildman–Crippen MR) is 83.8 cm³/mol. The van der Waals surface area contributed by atoms with Crippen molar-refractivity contribution in [2.24, 2.45) is 0 Å². The molecular weight excluding hydrogens is 266 g/mol. The fraction of sp³-hybridized carbons (Fsp3) is 0.400. The molecule has 0 amide bonds. The molecule has 0 bridgehead atoms. The number of nitrogens with zero attached hydrogens (tertiary/aromatic N) is 3. The number of hydrogen-bond acceptors (Lipinski definition) is 6. The Morgan fingerprint density at radius 3 is 2.81 bits per heavy atom. The van der Waals surface area contributed by atoms with Gasteiger partial charge in [-0.3, -0.25) is 0 Å². The van der Waals surface area contributed by atoms with Gasteiger partial charge < -0.3 is 15.4 Å². The number of hydrogen-bond donors (Lipinski definition) is 2. The molecule has 2 rings (SSSR count). The van der Waals surface area contributed by atoms with Crippen LogP contribution in [-0.2, 0) is 6.42 Å². The van der Waals surface area contributed by atoms with Crippen molar-refractivity contribution in [3.05, 3.63) is 36.0 Å². The Balaban J connectivity index is 1.91. The molecule has 0 saturated heterocycles. The van der Waals surface area contributed by atoms with Crippen molar-refractivity contribution in [1.29, 1.82) is 0 Å². The molecule has 1 aromatic carbocycles. The Bertz CT molecular complexity index is 573. The Morgan fingerprint density at radius 2 is 2.05 bits per heavy atom. The normalized spacial score (nSPS) is 10.5. The molecule has 0 aliphatic rings. The van der Waals surface area contributed by atoms with E-state index in [9.17, 15) is 0 Å². The number of anilines is 2. The van der Waals surface area contributed by atoms with Crippen LogP contribution in [0.4, 0.5) is 11.8 Å². The number of para-hydroxylation sites is 1. The number of ether oxygens (including phenoxy) is 1. The molecular formula is C15H21N5O. The van der Waals surface area contributed by atoms with Crippen molar-refractivity contribution >= 4 is 11.8 Å². The van der Waals surface area contributed by atoms with Gasteiger partial charge in [0.15, 0.2) is 5.82 Å². The molecule has 0 unspecified atom stereocenters. The van der Waals surface area contributed by atoms with Gasteiger partial charge >= 0.3 is 0 Å². The predicted octanol–water partition coefficient (Wildman–Crippen LogP) is 2.36. The van der Waals surface area contributed by atoms with E-state index in [2.05, 4.69) is 45.7 Å². The molecule has 21 heavy (non-hydrogen) atoms. The van der Waals surface area contributed by atoms with Gasteiger partial charge in [0.05, 0.1) is 13.3 Å². The highest BCUT2D eigenvalue weighted by molar-refractivity contribution is 5.38. The van der Waals surface area contributed by atoms with E-state index >= 15 is 0 Å². The van der Waals surface area contributed by atoms with Crippen molar-refractivity contribution in [3.8, 4) is 5.75 Å². The summed E-state index contributed by atoms with van der Waals surface area (Å²) in [6.45, 7) is 4.82. The molecule has 0 atom stereocenters. The first kappa shape index (κ1) is 15.0. The molecule has 0 aliphatic carbocycles. The molecule has 1 aromatic heterocycles. The van der Waals surface area contributed by atoms with Crippen molar-refractivity contribution in [1.82, 2.24) is 15.2 Å². The van der Waals surface area contributed by atoms with Crippen molar-refractivity contribution < 1.29 is 4.74 Å². The van der Waals surface area contributed by atoms with E-state index in [1.165, 1.54) is 0 Å². The first-order valence-corrected chi connectivity index (χ1v) is 7.01. The van der Waals surface area contributed by atoms with Crippen molar-refractivity contribution in [2.45, 2.75) is 26.3 Å². The summed E-state index contributed by atoms with van der Waals surface area (Å²) < 4.78 is 5.33. The molecule has 112 valence electrons. The van der Waals surface area contributed by atoms with Gasteiger partial charge in [0.2, 0.25) is 5.95 Å². The Kier molecular flexibility index (Phi) is 5.31. The first-order valence-electron chi connectivity index (χ1n) is 7.01. The second-order valence-corrected chi connectivity index (χ2v) is 4.95. The maximum Gasteiger partial charge on any atom is 0.244 e. The minimum Gasteiger partial charge on any atom is -0.496 e. The van der Waals surface area contributed by atoms with E-state index in [-0.39, 0.29) is 0 Å². The van der Waals surface area contributed by atoms with Gasteiger partial charge in [0.1, 0.15) is 5.75 Å². The number of aromatic nitrogens is 3. The zero-order valence-electron chi connectivity index (χ0n) is 12.6. The second-order valence-electron chi connectivity index (χ2n) is 4.95. The van der Waals surface area contributed by atoms with E-state index in [0.29, 0.717) is 18.5 Å². The van der Waals surface area contributed by atoms with Crippen LogP contribution in [-0.4, -0.2) is 34.9 Å². The van der Waals surface area contributed by atoms with Gasteiger partial charge in [0.25, 0.3) is 0 Å². The average Bonchev–Trinajstić information content (AvgIpc) is 2.47. The maximum atomic E-state index is 5.33. The molecule has 2 N–H and O–H groups in total. The third-order valence-electron chi connectivity index (χ3n) is 2.87. The summed E-state index contributed by atoms with van der Waals surface area (Å²) >= 11 is 0. The molecule has 0 spiro atoms. The summed E-state index contributed by atoms with van der Waals surface area (Å²) in [6.07, 6.45) is 2.45. The van der Waals surface area contributed by atoms with E-state index in [4.69, 9.17) is 4.74 Å². The van der Waals surface area contributed by atoms with Crippen LogP contribution in [0, 0.1) is 0 Å². The lowest BCUT2D eigenvalue weighted by Crippen LogP contribution is -2.14. The summed E-state index contributed by atoms with van der Waals surface area (Å²) in [5, 5.41) is 14.3. The lowest BCUT2D eigenvalue weighted by atomic mass is 10.1. The maximum absolute atomic E-state index is 5.33. The van der Waals surface area contributed by atoms with Crippen LogP contribution in [0.1, 0.15) is 19.4 Å². The molecule has 2 aromatic rings. The summed E-state index contributed by atoms with van der Waals surface area (Å²) in [6, 6.07) is 8.28. The van der Waals surface area contributed by atoms with Gasteiger partial charge in [-0.2, -0.15) is 10.1 Å². The quantitative estimate of drug-likeness (QED) is 0.814. The van der Waals surface area contributed by atoms with E-state index < -0.39 is 0 Å². The fourth-order valence-electron chi connectivity index (χ4n) is 1.96. The molecule has 0 saturated carbocycles. The number of benzene rings is 1. The molecule has 6 heteroatoms. The van der Waals surface area contributed by atoms with Gasteiger partial charge in [-0.1, -0.05) is 18.2 Å². The number of nitrogens with one attached hydrogen (secondary N) is 2. The lowest BCUT2D eigenvalue weighted by molar-refractivity contribution is 0.410. The zero-order valence-corrected chi connectivity index (χ0v) is 12.6. The van der Waals surface area contributed by atoms with E-state index in [1.807, 2.05) is 18.2 Å². The van der Waals surface area contributed by atoms with Gasteiger partial charge in [-0.05, 0) is 31.9 Å². The fourth-order valence-corrected chi connectivity index (χ4v) is 1.96. The SMILES string of the molecule is COc1ccccc1CCNc1nncc(NC(C)C)n1. The third-order valence-corrected chi connectivity index (χ3v) is 2.87. The van der Waals surface area contributed by atoms with Gasteiger partial charge in [-0.25, -0.2) is 0 Å². The minimum atomic E-state index is 0.308. The zero-order chi connectivity index (χ0) is 15.1. The van der Waals surface area contributed by atoms with Crippen LogP contribution in [0.25, 0.3) is 0 Å². The highest BCUT2D eigenvalue weighted by atomic mass is 16.5. The average molecular weight is 287 g/mol. The molecule has 1 heterocycles. The first-order chi connectivity index (χ1) is 10.2. The monoisotopic (exact) mass is 287 g/mol. The Morgan fingerprint density at radius 1 is 1.24 bits per heavy atom. The molecule has 0 aliphatic heterocycles. The van der Waals surface area contributed by atoms with Crippen LogP contribution in [0.5, 0.6) is 5.75 Å². The van der Waals surface area contributed by atoms with Gasteiger partial charge in [0, 0.05) is 12.6 Å². The molecule has 6 nitrogen and oxygen atoms in total. The van der Waals surface area contributed by atoms with E-state index in [1.54, 1.807) is 13.3 Å². The molecule has 0 radical (unpaired) electrons. The smallest absolute Gasteiger partial charge is 0.244 e. The van der Waals surface area contributed by atoms with Crippen LogP contribution < -0.4 is 15.4 Å². The Hall–Kier alpha value is -2.37. The second kappa shape index (κ2) is 7.42. The number of rotatable bonds is 7. The van der Waals surface area contributed by atoms with E-state index in [0.717, 1.165) is 23.6 Å². The highest BCUT2D eigenvalue weighted by Gasteiger charge is 2.04. The summed E-state index contributed by atoms with van der Waals surface area (Å²) in [4.78, 5) is 4.36. The summed E-state index contributed by atoms with van der Waals surface area (Å²) in [7, 11) is 1.68. The molecule has 0 fully saturated rings. The van der Waals surface area contributed by atoms with Gasteiger partial charge in [-0.15, -0.1) is 5.10 Å². The van der Waals surface area contributed by atoms with Crippen LogP contribution in [0.15, 0.2) is 30.5 Å². The Labute approximate surface area is 125 Å². The van der Waals surface area contributed by atoms with Crippen LogP contribution in [0.3, 0.4) is 0 Å². The van der Waals surface area contributed by atoms with Crippen LogP contribution >= 0.6 is 0 Å². The summed E-state index contributed by atoms with van der Waals surface area (Å²) in [5.74, 6) is 2.14. The lowest BCUT2D eigenvalue weighted by Gasteiger charge is -2.10. The number of methoxy groups -OCH3 is 1. The largest absolute Gasteiger partial charge is 0.496 e. The topological polar surface area (TPSA) is 72.0 Å². The highest BCUT2D eigenvalue weighted by Crippen LogP contribution is 2.17. The summed E-state index contributed by atoms with van der Waals surface area (Å²) in [5.41, 5.74) is 1.15. The van der Waals surface area contributed by atoms with Crippen molar-refractivity contribution in [2.75, 3.05) is 24.3 Å². The third kappa shape index (κ3) is 4.59.